The minimum absolute atomic E-state index is 0.139. The number of nitrogens with one attached hydrogen (secondary N) is 1. The monoisotopic (exact) mass is 266 g/mol. The molecular weight excluding hydrogens is 248 g/mol. The van der Waals surface area contributed by atoms with Gasteiger partial charge in [0.25, 0.3) is 0 Å². The predicted octanol–water partition coefficient (Wildman–Crippen LogP) is 2.75. The summed E-state index contributed by atoms with van der Waals surface area (Å²) in [6.07, 6.45) is 0.499. The quantitative estimate of drug-likeness (QED) is 0.848. The summed E-state index contributed by atoms with van der Waals surface area (Å²) in [5.41, 5.74) is 1.77. The van der Waals surface area contributed by atoms with Crippen LogP contribution in [0.15, 0.2) is 18.2 Å². The van der Waals surface area contributed by atoms with Crippen LogP contribution in [0.1, 0.15) is 25.8 Å². The molecule has 0 atom stereocenters. The zero-order valence-corrected chi connectivity index (χ0v) is 11.8. The fourth-order valence-electron chi connectivity index (χ4n) is 2.19. The van der Waals surface area contributed by atoms with Gasteiger partial charge in [-0.3, -0.25) is 4.79 Å². The van der Waals surface area contributed by atoms with E-state index in [1.165, 1.54) is 0 Å². The first-order valence-electron chi connectivity index (χ1n) is 6.21. The van der Waals surface area contributed by atoms with Gasteiger partial charge in [0.05, 0.1) is 0 Å². The second-order valence-corrected chi connectivity index (χ2v) is 5.87. The topological polar surface area (TPSA) is 32.3 Å². The molecule has 0 aromatic heterocycles. The number of benzene rings is 1. The highest BCUT2D eigenvalue weighted by Gasteiger charge is 2.29. The Labute approximate surface area is 113 Å². The Kier molecular flexibility index (Phi) is 3.64. The summed E-state index contributed by atoms with van der Waals surface area (Å²) in [7, 11) is 0. The molecule has 1 saturated heterocycles. The molecule has 4 heteroatoms. The molecule has 1 fully saturated rings. The molecular formula is C14H19ClN2O. The molecule has 18 heavy (non-hydrogen) atoms. The number of nitrogens with zero attached hydrogens (tertiary/aromatic N) is 1. The van der Waals surface area contributed by atoms with Crippen molar-refractivity contribution in [3.8, 4) is 0 Å². The minimum Gasteiger partial charge on any atom is -0.311 e. The van der Waals surface area contributed by atoms with Gasteiger partial charge in [0.2, 0.25) is 5.91 Å². The van der Waals surface area contributed by atoms with Gasteiger partial charge in [0.15, 0.2) is 0 Å². The fourth-order valence-corrected chi connectivity index (χ4v) is 2.36. The number of amides is 1. The molecule has 0 aliphatic carbocycles. The molecule has 1 amide bonds. The van der Waals surface area contributed by atoms with Gasteiger partial charge in [0, 0.05) is 35.8 Å². The Bertz CT molecular complexity index is 471. The van der Waals surface area contributed by atoms with Crippen LogP contribution in [-0.2, 0) is 4.79 Å². The number of rotatable bonds is 1. The van der Waals surface area contributed by atoms with Crippen molar-refractivity contribution in [3.63, 3.8) is 0 Å². The van der Waals surface area contributed by atoms with E-state index >= 15 is 0 Å². The van der Waals surface area contributed by atoms with Gasteiger partial charge in [-0.25, -0.2) is 0 Å². The highest BCUT2D eigenvalue weighted by Crippen LogP contribution is 2.25. The molecule has 98 valence electrons. The minimum atomic E-state index is -0.139. The molecule has 1 heterocycles. The highest BCUT2D eigenvalue weighted by atomic mass is 35.5. The number of hydrogen-bond acceptors (Lipinski definition) is 2. The second-order valence-electron chi connectivity index (χ2n) is 5.47. The van der Waals surface area contributed by atoms with Crippen LogP contribution in [0.25, 0.3) is 0 Å². The standard InChI is InChI=1S/C14H19ClN2O/c1-10-4-5-11(8-12(10)15)17-7-6-16-14(2,3)9-13(17)18/h4-5,8,16H,6-7,9H2,1-3H3. The van der Waals surface area contributed by atoms with E-state index in [1.54, 1.807) is 0 Å². The van der Waals surface area contributed by atoms with E-state index in [0.29, 0.717) is 18.0 Å². The summed E-state index contributed by atoms with van der Waals surface area (Å²) in [6.45, 7) is 7.54. The smallest absolute Gasteiger partial charge is 0.228 e. The predicted molar refractivity (Wildman–Crippen MR) is 75.2 cm³/mol. The van der Waals surface area contributed by atoms with Gasteiger partial charge < -0.3 is 10.2 Å². The Hall–Kier alpha value is -1.06. The summed E-state index contributed by atoms with van der Waals surface area (Å²) in [4.78, 5) is 14.1. The van der Waals surface area contributed by atoms with Crippen molar-refractivity contribution >= 4 is 23.2 Å². The molecule has 0 bridgehead atoms. The molecule has 2 rings (SSSR count). The van der Waals surface area contributed by atoms with Crippen LogP contribution in [0, 0.1) is 6.92 Å². The van der Waals surface area contributed by atoms with Crippen molar-refractivity contribution in [1.29, 1.82) is 0 Å². The molecule has 0 saturated carbocycles. The maximum absolute atomic E-state index is 12.3. The van der Waals surface area contributed by atoms with E-state index in [9.17, 15) is 4.79 Å². The first-order chi connectivity index (χ1) is 8.39. The van der Waals surface area contributed by atoms with E-state index in [-0.39, 0.29) is 11.4 Å². The van der Waals surface area contributed by atoms with Crippen molar-refractivity contribution < 1.29 is 4.79 Å². The highest BCUT2D eigenvalue weighted by molar-refractivity contribution is 6.31. The van der Waals surface area contributed by atoms with Crippen LogP contribution in [-0.4, -0.2) is 24.5 Å². The van der Waals surface area contributed by atoms with Crippen LogP contribution >= 0.6 is 11.6 Å². The normalized spacial score (nSPS) is 19.8. The van der Waals surface area contributed by atoms with E-state index in [1.807, 2.05) is 30.0 Å². The summed E-state index contributed by atoms with van der Waals surface area (Å²) >= 11 is 6.12. The van der Waals surface area contributed by atoms with Crippen LogP contribution in [0.3, 0.4) is 0 Å². The molecule has 1 N–H and O–H groups in total. The van der Waals surface area contributed by atoms with Crippen LogP contribution in [0.5, 0.6) is 0 Å². The molecule has 1 aromatic rings. The van der Waals surface area contributed by atoms with Gasteiger partial charge >= 0.3 is 0 Å². The molecule has 1 aromatic carbocycles. The lowest BCUT2D eigenvalue weighted by Gasteiger charge is -2.23. The van der Waals surface area contributed by atoms with Gasteiger partial charge in [0.1, 0.15) is 0 Å². The van der Waals surface area contributed by atoms with E-state index in [0.717, 1.165) is 17.8 Å². The van der Waals surface area contributed by atoms with E-state index in [4.69, 9.17) is 11.6 Å². The molecule has 1 aliphatic heterocycles. The largest absolute Gasteiger partial charge is 0.311 e. The van der Waals surface area contributed by atoms with Crippen LogP contribution < -0.4 is 10.2 Å². The third-order valence-electron chi connectivity index (χ3n) is 3.30. The summed E-state index contributed by atoms with van der Waals surface area (Å²) in [5, 5.41) is 4.09. The Morgan fingerprint density at radius 1 is 1.39 bits per heavy atom. The summed E-state index contributed by atoms with van der Waals surface area (Å²) in [5.74, 6) is 0.143. The maximum Gasteiger partial charge on any atom is 0.228 e. The van der Waals surface area contributed by atoms with E-state index < -0.39 is 0 Å². The number of anilines is 1. The lowest BCUT2D eigenvalue weighted by atomic mass is 10.0. The van der Waals surface area contributed by atoms with Crippen molar-refractivity contribution in [1.82, 2.24) is 5.32 Å². The molecule has 0 unspecified atom stereocenters. The third kappa shape index (κ3) is 2.85. The Morgan fingerprint density at radius 3 is 2.78 bits per heavy atom. The fraction of sp³-hybridized carbons (Fsp3) is 0.500. The Balaban J connectivity index is 2.27. The number of carbonyl (C=O) groups is 1. The zero-order chi connectivity index (χ0) is 13.3. The molecule has 3 nitrogen and oxygen atoms in total. The summed E-state index contributed by atoms with van der Waals surface area (Å²) in [6, 6.07) is 5.78. The maximum atomic E-state index is 12.3. The first kappa shape index (κ1) is 13.4. The zero-order valence-electron chi connectivity index (χ0n) is 11.1. The molecule has 0 radical (unpaired) electrons. The second kappa shape index (κ2) is 4.90. The summed E-state index contributed by atoms with van der Waals surface area (Å²) < 4.78 is 0. The lowest BCUT2D eigenvalue weighted by Crippen LogP contribution is -2.39. The van der Waals surface area contributed by atoms with E-state index in [2.05, 4.69) is 19.2 Å². The van der Waals surface area contributed by atoms with Crippen molar-refractivity contribution in [2.75, 3.05) is 18.0 Å². The SMILES string of the molecule is Cc1ccc(N2CCNC(C)(C)CC2=O)cc1Cl. The number of hydrogen-bond donors (Lipinski definition) is 1. The average Bonchev–Trinajstić information content (AvgIpc) is 2.40. The molecule has 1 aliphatic rings. The number of carbonyl (C=O) groups excluding carboxylic acids is 1. The van der Waals surface area contributed by atoms with Crippen molar-refractivity contribution in [2.24, 2.45) is 0 Å². The average molecular weight is 267 g/mol. The third-order valence-corrected chi connectivity index (χ3v) is 3.71. The Morgan fingerprint density at radius 2 is 2.11 bits per heavy atom. The van der Waals surface area contributed by atoms with Crippen LogP contribution in [0.4, 0.5) is 5.69 Å². The van der Waals surface area contributed by atoms with Gasteiger partial charge in [-0.2, -0.15) is 0 Å². The number of halogens is 1. The van der Waals surface area contributed by atoms with Gasteiger partial charge in [-0.1, -0.05) is 17.7 Å². The number of aryl methyl sites for hydroxylation is 1. The van der Waals surface area contributed by atoms with Gasteiger partial charge in [-0.05, 0) is 38.5 Å². The van der Waals surface area contributed by atoms with Crippen LogP contribution in [0.2, 0.25) is 5.02 Å². The first-order valence-corrected chi connectivity index (χ1v) is 6.58. The van der Waals surface area contributed by atoms with Crippen molar-refractivity contribution in [2.45, 2.75) is 32.7 Å². The lowest BCUT2D eigenvalue weighted by molar-refractivity contribution is -0.119. The van der Waals surface area contributed by atoms with Crippen molar-refractivity contribution in [3.05, 3.63) is 28.8 Å². The molecule has 0 spiro atoms. The van der Waals surface area contributed by atoms with Gasteiger partial charge in [-0.15, -0.1) is 0 Å².